The van der Waals surface area contributed by atoms with Crippen LogP contribution in [0.5, 0.6) is 0 Å². The lowest BCUT2D eigenvalue weighted by molar-refractivity contribution is 0.208. The molecule has 0 aliphatic carbocycles. The van der Waals surface area contributed by atoms with E-state index in [1.54, 1.807) is 0 Å². The molecule has 3 aromatic rings. The third kappa shape index (κ3) is 3.54. The highest BCUT2D eigenvalue weighted by molar-refractivity contribution is 5.75. The summed E-state index contributed by atoms with van der Waals surface area (Å²) in [6.45, 7) is 3.22. The van der Waals surface area contributed by atoms with Gasteiger partial charge in [-0.05, 0) is 37.1 Å². The average molecular weight is 318 g/mol. The molecule has 1 atom stereocenters. The molecule has 1 saturated heterocycles. The van der Waals surface area contributed by atoms with E-state index in [9.17, 15) is 0 Å². The number of hydrogen-bond acceptors (Lipinski definition) is 4. The number of anilines is 1. The zero-order chi connectivity index (χ0) is 16.2. The van der Waals surface area contributed by atoms with E-state index >= 15 is 0 Å². The minimum Gasteiger partial charge on any atom is -0.365 e. The Balaban J connectivity index is 1.42. The Bertz CT molecular complexity index is 803. The number of aromatic nitrogens is 2. The van der Waals surface area contributed by atoms with E-state index in [2.05, 4.69) is 50.5 Å². The van der Waals surface area contributed by atoms with E-state index in [-0.39, 0.29) is 0 Å². The van der Waals surface area contributed by atoms with Crippen LogP contribution in [-0.4, -0.2) is 34.0 Å². The van der Waals surface area contributed by atoms with Crippen molar-refractivity contribution in [3.63, 3.8) is 0 Å². The fraction of sp³-hybridized carbons (Fsp3) is 0.300. The van der Waals surface area contributed by atoms with Crippen LogP contribution in [0, 0.1) is 0 Å². The molecular formula is C20H22N4. The maximum Gasteiger partial charge on any atom is 0.145 e. The monoisotopic (exact) mass is 318 g/mol. The zero-order valence-electron chi connectivity index (χ0n) is 13.7. The smallest absolute Gasteiger partial charge is 0.145 e. The fourth-order valence-corrected chi connectivity index (χ4v) is 3.39. The minimum atomic E-state index is 0.429. The van der Waals surface area contributed by atoms with Gasteiger partial charge in [-0.1, -0.05) is 42.5 Å². The van der Waals surface area contributed by atoms with E-state index in [1.165, 1.54) is 18.4 Å². The van der Waals surface area contributed by atoms with Gasteiger partial charge in [0.1, 0.15) is 5.82 Å². The molecule has 0 radical (unpaired) electrons. The Morgan fingerprint density at radius 2 is 1.79 bits per heavy atom. The molecule has 1 aliphatic rings. The zero-order valence-corrected chi connectivity index (χ0v) is 13.7. The summed E-state index contributed by atoms with van der Waals surface area (Å²) >= 11 is 0. The SMILES string of the molecule is c1ccc(CN2CCCC(Nc3cnc4ccccc4n3)C2)cc1. The van der Waals surface area contributed by atoms with Crippen molar-refractivity contribution in [2.75, 3.05) is 18.4 Å². The van der Waals surface area contributed by atoms with E-state index < -0.39 is 0 Å². The van der Waals surface area contributed by atoms with Crippen LogP contribution in [0.1, 0.15) is 18.4 Å². The molecule has 1 unspecified atom stereocenters. The van der Waals surface area contributed by atoms with Gasteiger partial charge in [0, 0.05) is 19.1 Å². The lowest BCUT2D eigenvalue weighted by atomic mass is 10.0. The number of nitrogens with zero attached hydrogens (tertiary/aromatic N) is 3. The molecule has 1 aliphatic heterocycles. The first-order chi connectivity index (χ1) is 11.9. The second-order valence-corrected chi connectivity index (χ2v) is 6.45. The Labute approximate surface area is 142 Å². The molecule has 1 fully saturated rings. The maximum absolute atomic E-state index is 4.69. The number of para-hydroxylation sites is 2. The second kappa shape index (κ2) is 6.97. The summed E-state index contributed by atoms with van der Waals surface area (Å²) in [7, 11) is 0. The maximum atomic E-state index is 4.69. The first-order valence-corrected chi connectivity index (χ1v) is 8.61. The van der Waals surface area contributed by atoms with Crippen LogP contribution in [0.2, 0.25) is 0 Å². The van der Waals surface area contributed by atoms with Gasteiger partial charge in [-0.15, -0.1) is 0 Å². The number of hydrogen-bond donors (Lipinski definition) is 1. The van der Waals surface area contributed by atoms with Gasteiger partial charge < -0.3 is 5.32 Å². The van der Waals surface area contributed by atoms with Crippen LogP contribution in [0.15, 0.2) is 60.8 Å². The Hall–Kier alpha value is -2.46. The van der Waals surface area contributed by atoms with Crippen molar-refractivity contribution in [2.45, 2.75) is 25.4 Å². The normalized spacial score (nSPS) is 18.6. The van der Waals surface area contributed by atoms with Crippen molar-refractivity contribution in [3.05, 3.63) is 66.4 Å². The van der Waals surface area contributed by atoms with Crippen molar-refractivity contribution in [3.8, 4) is 0 Å². The molecule has 0 saturated carbocycles. The van der Waals surface area contributed by atoms with Crippen molar-refractivity contribution >= 4 is 16.9 Å². The third-order valence-electron chi connectivity index (χ3n) is 4.56. The van der Waals surface area contributed by atoms with Crippen LogP contribution >= 0.6 is 0 Å². The summed E-state index contributed by atoms with van der Waals surface area (Å²) < 4.78 is 0. The van der Waals surface area contributed by atoms with Crippen LogP contribution in [-0.2, 0) is 6.54 Å². The Morgan fingerprint density at radius 3 is 2.67 bits per heavy atom. The topological polar surface area (TPSA) is 41.0 Å². The lowest BCUT2D eigenvalue weighted by Crippen LogP contribution is -2.41. The highest BCUT2D eigenvalue weighted by atomic mass is 15.2. The number of rotatable bonds is 4. The summed E-state index contributed by atoms with van der Waals surface area (Å²) in [5.74, 6) is 0.875. The second-order valence-electron chi connectivity index (χ2n) is 6.45. The summed E-state index contributed by atoms with van der Waals surface area (Å²) in [6, 6.07) is 19.1. The van der Waals surface area contributed by atoms with E-state index in [1.807, 2.05) is 30.5 Å². The molecule has 24 heavy (non-hydrogen) atoms. The molecule has 1 N–H and O–H groups in total. The van der Waals surface area contributed by atoms with Crippen LogP contribution < -0.4 is 5.32 Å². The molecule has 2 heterocycles. The molecule has 0 spiro atoms. The molecule has 4 nitrogen and oxygen atoms in total. The van der Waals surface area contributed by atoms with Gasteiger partial charge in [-0.25, -0.2) is 4.98 Å². The van der Waals surface area contributed by atoms with Gasteiger partial charge in [0.25, 0.3) is 0 Å². The first-order valence-electron chi connectivity index (χ1n) is 8.61. The highest BCUT2D eigenvalue weighted by Crippen LogP contribution is 2.18. The Morgan fingerprint density at radius 1 is 1.00 bits per heavy atom. The molecular weight excluding hydrogens is 296 g/mol. The van der Waals surface area contributed by atoms with E-state index in [0.29, 0.717) is 6.04 Å². The third-order valence-corrected chi connectivity index (χ3v) is 4.56. The highest BCUT2D eigenvalue weighted by Gasteiger charge is 2.20. The van der Waals surface area contributed by atoms with E-state index in [0.717, 1.165) is 36.5 Å². The van der Waals surface area contributed by atoms with Crippen molar-refractivity contribution in [2.24, 2.45) is 0 Å². The first kappa shape index (κ1) is 15.1. The number of piperidine rings is 1. The van der Waals surface area contributed by atoms with Crippen molar-refractivity contribution in [1.82, 2.24) is 14.9 Å². The van der Waals surface area contributed by atoms with Gasteiger partial charge >= 0.3 is 0 Å². The molecule has 122 valence electrons. The van der Waals surface area contributed by atoms with Gasteiger partial charge in [0.15, 0.2) is 0 Å². The molecule has 2 aromatic carbocycles. The molecule has 1 aromatic heterocycles. The number of nitrogens with one attached hydrogen (secondary N) is 1. The molecule has 0 amide bonds. The fourth-order valence-electron chi connectivity index (χ4n) is 3.39. The molecule has 4 rings (SSSR count). The quantitative estimate of drug-likeness (QED) is 0.796. The van der Waals surface area contributed by atoms with E-state index in [4.69, 9.17) is 0 Å². The van der Waals surface area contributed by atoms with Crippen molar-refractivity contribution in [1.29, 1.82) is 0 Å². The lowest BCUT2D eigenvalue weighted by Gasteiger charge is -2.33. The average Bonchev–Trinajstić information content (AvgIpc) is 2.63. The van der Waals surface area contributed by atoms with Gasteiger partial charge in [-0.2, -0.15) is 0 Å². The van der Waals surface area contributed by atoms with Crippen LogP contribution in [0.4, 0.5) is 5.82 Å². The van der Waals surface area contributed by atoms with Gasteiger partial charge in [0.2, 0.25) is 0 Å². The summed E-state index contributed by atoms with van der Waals surface area (Å²) in [5, 5.41) is 3.57. The van der Waals surface area contributed by atoms with Crippen molar-refractivity contribution < 1.29 is 0 Å². The van der Waals surface area contributed by atoms with Gasteiger partial charge in [-0.3, -0.25) is 9.88 Å². The Kier molecular flexibility index (Phi) is 4.38. The summed E-state index contributed by atoms with van der Waals surface area (Å²) in [5.41, 5.74) is 3.26. The summed E-state index contributed by atoms with van der Waals surface area (Å²) in [4.78, 5) is 11.7. The minimum absolute atomic E-state index is 0.429. The standard InChI is InChI=1S/C20H22N4/c1-2-7-16(8-3-1)14-24-12-6-9-17(15-24)22-20-13-21-18-10-4-5-11-19(18)23-20/h1-5,7-8,10-11,13,17H,6,9,12,14-15H2,(H,22,23). The van der Waals surface area contributed by atoms with Crippen LogP contribution in [0.3, 0.4) is 0 Å². The van der Waals surface area contributed by atoms with Crippen LogP contribution in [0.25, 0.3) is 11.0 Å². The molecule has 0 bridgehead atoms. The summed E-state index contributed by atoms with van der Waals surface area (Å²) in [6.07, 6.45) is 4.24. The van der Waals surface area contributed by atoms with Gasteiger partial charge in [0.05, 0.1) is 17.2 Å². The largest absolute Gasteiger partial charge is 0.365 e. The predicted octanol–water partition coefficient (Wildman–Crippen LogP) is 3.71. The molecule has 4 heteroatoms. The number of fused-ring (bicyclic) bond motifs is 1. The number of likely N-dealkylation sites (tertiary alicyclic amines) is 1. The number of benzene rings is 2. The predicted molar refractivity (Wildman–Crippen MR) is 97.9 cm³/mol.